The fraction of sp³-hybridized carbons (Fsp3) is 0.148. The summed E-state index contributed by atoms with van der Waals surface area (Å²) in [6, 6.07) is 26.9. The van der Waals surface area contributed by atoms with Crippen LogP contribution in [0.15, 0.2) is 91.1 Å². The van der Waals surface area contributed by atoms with E-state index in [0.29, 0.717) is 29.6 Å². The summed E-state index contributed by atoms with van der Waals surface area (Å²) in [5.41, 5.74) is 4.71. The highest BCUT2D eigenvalue weighted by Crippen LogP contribution is 2.38. The quantitative estimate of drug-likeness (QED) is 0.372. The summed E-state index contributed by atoms with van der Waals surface area (Å²) in [5.74, 6) is 0.645. The van der Waals surface area contributed by atoms with Crippen LogP contribution < -0.4 is 10.1 Å². The van der Waals surface area contributed by atoms with Crippen LogP contribution in [0.1, 0.15) is 29.8 Å². The lowest BCUT2D eigenvalue weighted by Gasteiger charge is -2.31. The summed E-state index contributed by atoms with van der Waals surface area (Å²) in [6.45, 7) is 2.88. The molecular formula is C27H24ClN3O2. The van der Waals surface area contributed by atoms with Crippen molar-refractivity contribution >= 4 is 23.3 Å². The molecule has 1 aliphatic rings. The second-order valence-electron chi connectivity index (χ2n) is 7.88. The third-order valence-electron chi connectivity index (χ3n) is 5.82. The molecule has 3 aromatic carbocycles. The number of hydrogen-bond donors (Lipinski definition) is 1. The van der Waals surface area contributed by atoms with Crippen LogP contribution in [0.25, 0.3) is 5.69 Å². The van der Waals surface area contributed by atoms with Gasteiger partial charge in [-0.2, -0.15) is 0 Å². The second kappa shape index (κ2) is 9.04. The van der Waals surface area contributed by atoms with E-state index in [1.807, 2.05) is 84.8 Å². The van der Waals surface area contributed by atoms with Gasteiger partial charge in [0, 0.05) is 16.9 Å². The van der Waals surface area contributed by atoms with Crippen LogP contribution in [0.3, 0.4) is 0 Å². The first-order valence-electron chi connectivity index (χ1n) is 11.0. The van der Waals surface area contributed by atoms with Gasteiger partial charge in [-0.1, -0.05) is 54.1 Å². The predicted octanol–water partition coefficient (Wildman–Crippen LogP) is 6.67. The average molecular weight is 458 g/mol. The van der Waals surface area contributed by atoms with Gasteiger partial charge < -0.3 is 19.5 Å². The predicted molar refractivity (Wildman–Crippen MR) is 131 cm³/mol. The van der Waals surface area contributed by atoms with Gasteiger partial charge in [-0.05, 0) is 60.5 Å². The van der Waals surface area contributed by atoms with Crippen molar-refractivity contribution in [3.63, 3.8) is 0 Å². The van der Waals surface area contributed by atoms with Gasteiger partial charge in [0.2, 0.25) is 0 Å². The fourth-order valence-corrected chi connectivity index (χ4v) is 4.60. The summed E-state index contributed by atoms with van der Waals surface area (Å²) >= 11 is 6.37. The molecule has 0 spiro atoms. The smallest absolute Gasteiger partial charge is 0.323 e. The highest BCUT2D eigenvalue weighted by atomic mass is 35.5. The zero-order valence-corrected chi connectivity index (χ0v) is 19.0. The summed E-state index contributed by atoms with van der Waals surface area (Å²) in [6.07, 6.45) is 2.04. The Labute approximate surface area is 198 Å². The summed E-state index contributed by atoms with van der Waals surface area (Å²) in [5, 5.41) is 3.71. The monoisotopic (exact) mass is 457 g/mol. The third kappa shape index (κ3) is 4.08. The van der Waals surface area contributed by atoms with Crippen LogP contribution in [0.4, 0.5) is 10.5 Å². The highest BCUT2D eigenvalue weighted by molar-refractivity contribution is 6.30. The molecule has 0 saturated heterocycles. The first-order chi connectivity index (χ1) is 16.2. The largest absolute Gasteiger partial charge is 0.492 e. The number of rotatable bonds is 4. The molecule has 0 fully saturated rings. The number of hydrogen-bond acceptors (Lipinski definition) is 2. The summed E-state index contributed by atoms with van der Waals surface area (Å²) in [4.78, 5) is 15.7. The normalized spacial score (nSPS) is 14.7. The van der Waals surface area contributed by atoms with Gasteiger partial charge in [-0.3, -0.25) is 0 Å². The molecule has 0 aliphatic carbocycles. The van der Waals surface area contributed by atoms with Crippen LogP contribution in [-0.4, -0.2) is 22.1 Å². The van der Waals surface area contributed by atoms with Crippen molar-refractivity contribution in [2.45, 2.75) is 19.5 Å². The molecule has 0 saturated carbocycles. The zero-order chi connectivity index (χ0) is 22.8. The van der Waals surface area contributed by atoms with Gasteiger partial charge in [0.1, 0.15) is 5.75 Å². The van der Waals surface area contributed by atoms with E-state index in [2.05, 4.69) is 28.1 Å². The van der Waals surface area contributed by atoms with Crippen LogP contribution in [0.5, 0.6) is 5.75 Å². The topological polar surface area (TPSA) is 46.5 Å². The van der Waals surface area contributed by atoms with E-state index < -0.39 is 0 Å². The molecule has 1 aromatic heterocycles. The van der Waals surface area contributed by atoms with Crippen molar-refractivity contribution in [3.05, 3.63) is 113 Å². The number of fused-ring (bicyclic) bond motifs is 3. The van der Waals surface area contributed by atoms with E-state index in [1.165, 1.54) is 0 Å². The SMILES string of the molecule is CCOc1ccccc1NC(=O)N1Cc2ccccc2-n2cccc2[C@H]1c1cccc(Cl)c1. The maximum atomic E-state index is 13.8. The van der Waals surface area contributed by atoms with E-state index in [1.54, 1.807) is 0 Å². The number of urea groups is 1. The molecule has 166 valence electrons. The molecule has 1 atom stereocenters. The van der Waals surface area contributed by atoms with E-state index in [0.717, 1.165) is 22.5 Å². The Morgan fingerprint density at radius 2 is 1.85 bits per heavy atom. The van der Waals surface area contributed by atoms with Crippen molar-refractivity contribution in [3.8, 4) is 11.4 Å². The number of para-hydroxylation sites is 3. The molecule has 4 aromatic rings. The number of amides is 2. The number of nitrogens with zero attached hydrogens (tertiary/aromatic N) is 2. The zero-order valence-electron chi connectivity index (χ0n) is 18.2. The first kappa shape index (κ1) is 21.2. The van der Waals surface area contributed by atoms with Crippen molar-refractivity contribution in [1.29, 1.82) is 0 Å². The Hall–Kier alpha value is -3.70. The Morgan fingerprint density at radius 3 is 2.70 bits per heavy atom. The molecule has 2 heterocycles. The van der Waals surface area contributed by atoms with E-state index >= 15 is 0 Å². The van der Waals surface area contributed by atoms with Crippen molar-refractivity contribution in [2.75, 3.05) is 11.9 Å². The van der Waals surface area contributed by atoms with Crippen molar-refractivity contribution < 1.29 is 9.53 Å². The Kier molecular flexibility index (Phi) is 5.80. The minimum Gasteiger partial charge on any atom is -0.492 e. The first-order valence-corrected chi connectivity index (χ1v) is 11.3. The lowest BCUT2D eigenvalue weighted by molar-refractivity contribution is 0.194. The Morgan fingerprint density at radius 1 is 1.03 bits per heavy atom. The number of anilines is 1. The average Bonchev–Trinajstić information content (AvgIpc) is 3.24. The molecule has 0 radical (unpaired) electrons. The third-order valence-corrected chi connectivity index (χ3v) is 6.05. The molecule has 0 bridgehead atoms. The van der Waals surface area contributed by atoms with E-state index in [-0.39, 0.29) is 12.1 Å². The molecule has 0 unspecified atom stereocenters. The lowest BCUT2D eigenvalue weighted by Crippen LogP contribution is -2.38. The van der Waals surface area contributed by atoms with Crippen LogP contribution >= 0.6 is 11.6 Å². The Balaban J connectivity index is 1.62. The molecule has 5 rings (SSSR count). The van der Waals surface area contributed by atoms with Crippen LogP contribution in [0.2, 0.25) is 5.02 Å². The van der Waals surface area contributed by atoms with Crippen LogP contribution in [0, 0.1) is 0 Å². The van der Waals surface area contributed by atoms with E-state index in [4.69, 9.17) is 16.3 Å². The van der Waals surface area contributed by atoms with Gasteiger partial charge in [0.25, 0.3) is 0 Å². The van der Waals surface area contributed by atoms with Gasteiger partial charge in [-0.25, -0.2) is 4.79 Å². The molecule has 1 N–H and O–H groups in total. The molecule has 6 heteroatoms. The van der Waals surface area contributed by atoms with Crippen molar-refractivity contribution in [2.24, 2.45) is 0 Å². The number of benzene rings is 3. The maximum Gasteiger partial charge on any atom is 0.323 e. The minimum absolute atomic E-state index is 0.211. The van der Waals surface area contributed by atoms with Crippen molar-refractivity contribution in [1.82, 2.24) is 9.47 Å². The standard InChI is InChI=1S/C27H24ClN3O2/c1-2-33-25-15-6-4-12-22(25)29-27(32)31-18-20-9-3-5-13-23(20)30-16-8-14-24(30)26(31)19-10-7-11-21(28)17-19/h3-17,26H,2,18H2,1H3,(H,29,32)/t26-/m1/s1. The lowest BCUT2D eigenvalue weighted by atomic mass is 10.0. The molecular weight excluding hydrogens is 434 g/mol. The van der Waals surface area contributed by atoms with Gasteiger partial charge in [0.05, 0.1) is 30.6 Å². The molecule has 5 nitrogen and oxygen atoms in total. The number of carbonyl (C=O) groups is 1. The molecule has 1 aliphatic heterocycles. The maximum absolute atomic E-state index is 13.8. The number of halogens is 1. The van der Waals surface area contributed by atoms with Gasteiger partial charge in [-0.15, -0.1) is 0 Å². The van der Waals surface area contributed by atoms with Crippen LogP contribution in [-0.2, 0) is 6.54 Å². The van der Waals surface area contributed by atoms with E-state index in [9.17, 15) is 4.79 Å². The molecule has 2 amide bonds. The number of nitrogens with one attached hydrogen (secondary N) is 1. The highest BCUT2D eigenvalue weighted by Gasteiger charge is 2.33. The van der Waals surface area contributed by atoms with Gasteiger partial charge in [0.15, 0.2) is 0 Å². The number of carbonyl (C=O) groups excluding carboxylic acids is 1. The van der Waals surface area contributed by atoms with Gasteiger partial charge >= 0.3 is 6.03 Å². The fourth-order valence-electron chi connectivity index (χ4n) is 4.41. The Bertz CT molecular complexity index is 1300. The molecule has 33 heavy (non-hydrogen) atoms. The summed E-state index contributed by atoms with van der Waals surface area (Å²) in [7, 11) is 0. The number of ether oxygens (including phenoxy) is 1. The number of aromatic nitrogens is 1. The second-order valence-corrected chi connectivity index (χ2v) is 8.31. The summed E-state index contributed by atoms with van der Waals surface area (Å²) < 4.78 is 7.88. The minimum atomic E-state index is -0.328.